The van der Waals surface area contributed by atoms with Gasteiger partial charge in [-0.25, -0.2) is 0 Å². The van der Waals surface area contributed by atoms with Crippen molar-refractivity contribution in [2.75, 3.05) is 19.6 Å². The molecule has 4 heteroatoms. The molecule has 4 nitrogen and oxygen atoms in total. The molecule has 1 N–H and O–H groups in total. The first-order valence-electron chi connectivity index (χ1n) is 8.26. The fraction of sp³-hybridized carbons (Fsp3) is 0.611. The maximum atomic E-state index is 11.1. The lowest BCUT2D eigenvalue weighted by atomic mass is 9.97. The summed E-state index contributed by atoms with van der Waals surface area (Å²) < 4.78 is 5.91. The molecule has 1 aliphatic heterocycles. The third-order valence-corrected chi connectivity index (χ3v) is 3.97. The van der Waals surface area contributed by atoms with Gasteiger partial charge in [-0.05, 0) is 45.2 Å². The molecule has 2 rings (SSSR count). The second-order valence-electron chi connectivity index (χ2n) is 6.45. The largest absolute Gasteiger partial charge is 0.491 e. The van der Waals surface area contributed by atoms with Crippen LogP contribution in [0.15, 0.2) is 24.3 Å². The first-order valence-corrected chi connectivity index (χ1v) is 8.26. The fourth-order valence-electron chi connectivity index (χ4n) is 2.99. The van der Waals surface area contributed by atoms with Gasteiger partial charge in [-0.2, -0.15) is 0 Å². The van der Waals surface area contributed by atoms with Crippen molar-refractivity contribution >= 4 is 5.91 Å². The molecule has 0 saturated carbocycles. The van der Waals surface area contributed by atoms with E-state index in [2.05, 4.69) is 36.2 Å². The van der Waals surface area contributed by atoms with E-state index in [1.165, 1.54) is 18.4 Å². The number of carbonyl (C=O) groups is 1. The van der Waals surface area contributed by atoms with Crippen molar-refractivity contribution in [2.45, 2.75) is 46.3 Å². The van der Waals surface area contributed by atoms with Gasteiger partial charge in [-0.15, -0.1) is 0 Å². The van der Waals surface area contributed by atoms with E-state index in [0.29, 0.717) is 5.92 Å². The molecule has 0 unspecified atom stereocenters. The number of benzene rings is 1. The molecule has 1 heterocycles. The molecule has 1 aromatic carbocycles. The number of hydrogen-bond acceptors (Lipinski definition) is 3. The Hall–Kier alpha value is -1.55. The van der Waals surface area contributed by atoms with E-state index in [9.17, 15) is 4.79 Å². The van der Waals surface area contributed by atoms with Crippen LogP contribution in [-0.2, 0) is 11.3 Å². The number of amides is 1. The predicted molar refractivity (Wildman–Crippen MR) is 88.9 cm³/mol. The number of carbonyl (C=O) groups excluding carboxylic acids is 1. The molecule has 122 valence electrons. The second kappa shape index (κ2) is 8.18. The summed E-state index contributed by atoms with van der Waals surface area (Å²) in [6.07, 6.45) is 2.58. The van der Waals surface area contributed by atoms with E-state index in [1.54, 1.807) is 6.92 Å². The smallest absolute Gasteiger partial charge is 0.216 e. The first kappa shape index (κ1) is 16.8. The van der Waals surface area contributed by atoms with Crippen LogP contribution in [-0.4, -0.2) is 36.5 Å². The predicted octanol–water partition coefficient (Wildman–Crippen LogP) is 2.82. The average molecular weight is 304 g/mol. The van der Waals surface area contributed by atoms with Gasteiger partial charge < -0.3 is 10.1 Å². The van der Waals surface area contributed by atoms with Gasteiger partial charge in [-0.1, -0.05) is 18.2 Å². The van der Waals surface area contributed by atoms with Gasteiger partial charge in [0.15, 0.2) is 0 Å². The normalized spacial score (nSPS) is 19.2. The van der Waals surface area contributed by atoms with E-state index in [-0.39, 0.29) is 12.0 Å². The summed E-state index contributed by atoms with van der Waals surface area (Å²) in [6, 6.07) is 8.29. The summed E-state index contributed by atoms with van der Waals surface area (Å²) >= 11 is 0. The zero-order valence-electron chi connectivity index (χ0n) is 14.0. The van der Waals surface area contributed by atoms with Gasteiger partial charge in [-0.3, -0.25) is 9.69 Å². The van der Waals surface area contributed by atoms with Crippen molar-refractivity contribution in [1.82, 2.24) is 10.2 Å². The Kier molecular flexibility index (Phi) is 6.25. The number of nitrogens with one attached hydrogen (secondary N) is 1. The number of nitrogens with zero attached hydrogens (tertiary/aromatic N) is 1. The molecule has 1 amide bonds. The summed E-state index contributed by atoms with van der Waals surface area (Å²) in [5.74, 6) is 1.60. The summed E-state index contributed by atoms with van der Waals surface area (Å²) in [7, 11) is 0. The SMILES string of the molecule is CC(=O)NC[C@@H]1CCCN(Cc2ccccc2OC(C)C)C1. The van der Waals surface area contributed by atoms with Crippen LogP contribution in [0.4, 0.5) is 0 Å². The van der Waals surface area contributed by atoms with Gasteiger partial charge >= 0.3 is 0 Å². The quantitative estimate of drug-likeness (QED) is 0.878. The zero-order valence-corrected chi connectivity index (χ0v) is 14.0. The Labute approximate surface area is 133 Å². The fourth-order valence-corrected chi connectivity index (χ4v) is 2.99. The first-order chi connectivity index (χ1) is 10.5. The van der Waals surface area contributed by atoms with E-state index >= 15 is 0 Å². The summed E-state index contributed by atoms with van der Waals surface area (Å²) in [5, 5.41) is 2.95. The average Bonchev–Trinajstić information content (AvgIpc) is 2.47. The van der Waals surface area contributed by atoms with E-state index in [4.69, 9.17) is 4.74 Å². The summed E-state index contributed by atoms with van der Waals surface area (Å²) in [6.45, 7) is 9.56. The highest BCUT2D eigenvalue weighted by Crippen LogP contribution is 2.24. The Morgan fingerprint density at radius 3 is 2.91 bits per heavy atom. The number of para-hydroxylation sites is 1. The lowest BCUT2D eigenvalue weighted by Crippen LogP contribution is -2.40. The van der Waals surface area contributed by atoms with Crippen molar-refractivity contribution < 1.29 is 9.53 Å². The van der Waals surface area contributed by atoms with Crippen molar-refractivity contribution in [3.05, 3.63) is 29.8 Å². The molecule has 1 aliphatic rings. The van der Waals surface area contributed by atoms with Crippen molar-refractivity contribution in [3.8, 4) is 5.75 Å². The Morgan fingerprint density at radius 2 is 2.18 bits per heavy atom. The molecular formula is C18H28N2O2. The molecule has 0 aliphatic carbocycles. The number of piperidine rings is 1. The van der Waals surface area contributed by atoms with E-state index < -0.39 is 0 Å². The minimum absolute atomic E-state index is 0.0628. The number of likely N-dealkylation sites (tertiary alicyclic amines) is 1. The highest BCUT2D eigenvalue weighted by atomic mass is 16.5. The van der Waals surface area contributed by atoms with Crippen LogP contribution in [0.2, 0.25) is 0 Å². The topological polar surface area (TPSA) is 41.6 Å². The van der Waals surface area contributed by atoms with Crippen LogP contribution in [0, 0.1) is 5.92 Å². The maximum absolute atomic E-state index is 11.1. The van der Waals surface area contributed by atoms with Gasteiger partial charge in [0, 0.05) is 32.1 Å². The van der Waals surface area contributed by atoms with Crippen molar-refractivity contribution in [2.24, 2.45) is 5.92 Å². The number of ether oxygens (including phenoxy) is 1. The molecule has 22 heavy (non-hydrogen) atoms. The molecule has 1 fully saturated rings. The van der Waals surface area contributed by atoms with Gasteiger partial charge in [0.1, 0.15) is 5.75 Å². The van der Waals surface area contributed by atoms with E-state index in [0.717, 1.165) is 31.9 Å². The summed E-state index contributed by atoms with van der Waals surface area (Å²) in [5.41, 5.74) is 1.25. The standard InChI is InChI=1S/C18H28N2O2/c1-14(2)22-18-9-5-4-8-17(18)13-20-10-6-7-16(12-20)11-19-15(3)21/h4-5,8-9,14,16H,6-7,10-13H2,1-3H3,(H,19,21)/t16-/m0/s1. The Morgan fingerprint density at radius 1 is 1.41 bits per heavy atom. The molecule has 0 aromatic heterocycles. The Balaban J connectivity index is 1.94. The maximum Gasteiger partial charge on any atom is 0.216 e. The summed E-state index contributed by atoms with van der Waals surface area (Å²) in [4.78, 5) is 13.5. The second-order valence-corrected chi connectivity index (χ2v) is 6.45. The molecule has 1 atom stereocenters. The third kappa shape index (κ3) is 5.34. The molecule has 0 radical (unpaired) electrons. The zero-order chi connectivity index (χ0) is 15.9. The minimum Gasteiger partial charge on any atom is -0.491 e. The van der Waals surface area contributed by atoms with Crippen LogP contribution in [0.1, 0.15) is 39.2 Å². The van der Waals surface area contributed by atoms with Gasteiger partial charge in [0.2, 0.25) is 5.91 Å². The lowest BCUT2D eigenvalue weighted by Gasteiger charge is -2.33. The van der Waals surface area contributed by atoms with E-state index in [1.807, 2.05) is 12.1 Å². The Bertz CT molecular complexity index is 488. The lowest BCUT2D eigenvalue weighted by molar-refractivity contribution is -0.119. The van der Waals surface area contributed by atoms with Crippen LogP contribution >= 0.6 is 0 Å². The minimum atomic E-state index is 0.0628. The van der Waals surface area contributed by atoms with Crippen LogP contribution in [0.3, 0.4) is 0 Å². The van der Waals surface area contributed by atoms with Crippen LogP contribution in [0.5, 0.6) is 5.75 Å². The highest BCUT2D eigenvalue weighted by molar-refractivity contribution is 5.72. The third-order valence-electron chi connectivity index (χ3n) is 3.97. The van der Waals surface area contributed by atoms with Crippen LogP contribution < -0.4 is 10.1 Å². The van der Waals surface area contributed by atoms with Crippen molar-refractivity contribution in [1.29, 1.82) is 0 Å². The molecule has 1 saturated heterocycles. The van der Waals surface area contributed by atoms with Gasteiger partial charge in [0.25, 0.3) is 0 Å². The molecule has 0 spiro atoms. The molecular weight excluding hydrogens is 276 g/mol. The number of hydrogen-bond donors (Lipinski definition) is 1. The molecule has 0 bridgehead atoms. The van der Waals surface area contributed by atoms with Crippen LogP contribution in [0.25, 0.3) is 0 Å². The molecule has 1 aromatic rings. The highest BCUT2D eigenvalue weighted by Gasteiger charge is 2.21. The number of rotatable bonds is 6. The van der Waals surface area contributed by atoms with Gasteiger partial charge in [0.05, 0.1) is 6.10 Å². The monoisotopic (exact) mass is 304 g/mol. The van der Waals surface area contributed by atoms with Crippen molar-refractivity contribution in [3.63, 3.8) is 0 Å².